The summed E-state index contributed by atoms with van der Waals surface area (Å²) in [4.78, 5) is 5.20. The highest BCUT2D eigenvalue weighted by atomic mass is 32.2. The Hall–Kier alpha value is -2.84. The molecule has 0 aromatic heterocycles. The van der Waals surface area contributed by atoms with Gasteiger partial charge in [0, 0.05) is 23.4 Å². The molecule has 0 saturated carbocycles. The SMILES string of the molecule is C=CC12CC(=CN)C(=Nc3ccc(F)cc3)C=C1CCN(Sc1cccc(C(F)(F)F)c1)C2. The van der Waals surface area contributed by atoms with E-state index in [1.165, 1.54) is 42.4 Å². The lowest BCUT2D eigenvalue weighted by Gasteiger charge is -2.45. The van der Waals surface area contributed by atoms with Crippen molar-refractivity contribution < 1.29 is 17.6 Å². The summed E-state index contributed by atoms with van der Waals surface area (Å²) in [5.74, 6) is -0.327. The first-order valence-corrected chi connectivity index (χ1v) is 11.2. The van der Waals surface area contributed by atoms with Crippen molar-refractivity contribution in [3.63, 3.8) is 0 Å². The molecular formula is C25H23F4N3S. The average Bonchev–Trinajstić information content (AvgIpc) is 2.80. The van der Waals surface area contributed by atoms with Gasteiger partial charge in [0.05, 0.1) is 17.0 Å². The highest BCUT2D eigenvalue weighted by Crippen LogP contribution is 2.47. The summed E-state index contributed by atoms with van der Waals surface area (Å²) in [6, 6.07) is 11.3. The fraction of sp³-hybridized carbons (Fsp3) is 0.240. The molecule has 172 valence electrons. The van der Waals surface area contributed by atoms with Crippen molar-refractivity contribution in [3.05, 3.63) is 96.0 Å². The van der Waals surface area contributed by atoms with Crippen LogP contribution in [0.3, 0.4) is 0 Å². The fourth-order valence-corrected chi connectivity index (χ4v) is 5.28. The van der Waals surface area contributed by atoms with Crippen molar-refractivity contribution in [2.24, 2.45) is 16.1 Å². The van der Waals surface area contributed by atoms with E-state index in [0.29, 0.717) is 30.1 Å². The zero-order valence-electron chi connectivity index (χ0n) is 17.8. The minimum absolute atomic E-state index is 0.327. The van der Waals surface area contributed by atoms with E-state index in [9.17, 15) is 17.6 Å². The molecule has 2 aromatic rings. The number of nitrogens with zero attached hydrogens (tertiary/aromatic N) is 2. The van der Waals surface area contributed by atoms with Gasteiger partial charge in [0.1, 0.15) is 5.82 Å². The number of aliphatic imine (C=N–C) groups is 1. The van der Waals surface area contributed by atoms with Gasteiger partial charge < -0.3 is 5.73 Å². The third-order valence-corrected chi connectivity index (χ3v) is 6.97. The highest BCUT2D eigenvalue weighted by molar-refractivity contribution is 7.97. The number of halogens is 4. The van der Waals surface area contributed by atoms with Gasteiger partial charge in [-0.3, -0.25) is 0 Å². The van der Waals surface area contributed by atoms with Gasteiger partial charge >= 0.3 is 6.18 Å². The largest absolute Gasteiger partial charge is 0.416 e. The zero-order chi connectivity index (χ0) is 23.6. The third kappa shape index (κ3) is 5.07. The zero-order valence-corrected chi connectivity index (χ0v) is 18.6. The van der Waals surface area contributed by atoms with Gasteiger partial charge in [0.2, 0.25) is 0 Å². The van der Waals surface area contributed by atoms with Crippen LogP contribution in [0.15, 0.2) is 94.5 Å². The van der Waals surface area contributed by atoms with Crippen molar-refractivity contribution >= 4 is 23.3 Å². The Balaban J connectivity index is 1.59. The lowest BCUT2D eigenvalue weighted by atomic mass is 9.67. The summed E-state index contributed by atoms with van der Waals surface area (Å²) in [7, 11) is 0. The van der Waals surface area contributed by atoms with Crippen molar-refractivity contribution in [1.82, 2.24) is 4.31 Å². The lowest BCUT2D eigenvalue weighted by molar-refractivity contribution is -0.137. The number of benzene rings is 2. The summed E-state index contributed by atoms with van der Waals surface area (Å²) in [5.41, 5.74) is 8.25. The molecule has 2 aliphatic rings. The number of hydrogen-bond acceptors (Lipinski definition) is 4. The summed E-state index contributed by atoms with van der Waals surface area (Å²) in [6.07, 6.45) is 2.37. The average molecular weight is 474 g/mol. The Bertz CT molecular complexity index is 1140. The van der Waals surface area contributed by atoms with Gasteiger partial charge in [0.25, 0.3) is 0 Å². The number of hydrogen-bond donors (Lipinski definition) is 1. The van der Waals surface area contributed by atoms with Crippen LogP contribution in [-0.4, -0.2) is 23.1 Å². The van der Waals surface area contributed by atoms with Crippen molar-refractivity contribution in [2.75, 3.05) is 13.1 Å². The standard InChI is InChI=1S/C25H23F4N3S/c1-2-24-14-17(15-30)23(31-21-8-6-20(26)7-9-21)13-18(24)10-11-32(16-24)33-22-5-3-4-19(12-22)25(27,28)29/h2-9,12-13,15H,1,10-11,14,16,30H2. The lowest BCUT2D eigenvalue weighted by Crippen LogP contribution is -2.43. The summed E-state index contributed by atoms with van der Waals surface area (Å²) in [6.45, 7) is 5.32. The first-order chi connectivity index (χ1) is 15.7. The molecule has 1 saturated heterocycles. The van der Waals surface area contributed by atoms with E-state index in [1.807, 2.05) is 12.2 Å². The van der Waals surface area contributed by atoms with Crippen LogP contribution < -0.4 is 5.73 Å². The molecule has 0 spiro atoms. The molecule has 1 atom stereocenters. The molecule has 2 aromatic carbocycles. The van der Waals surface area contributed by atoms with Gasteiger partial charge in [-0.15, -0.1) is 6.58 Å². The topological polar surface area (TPSA) is 41.6 Å². The Morgan fingerprint density at radius 1 is 1.15 bits per heavy atom. The number of allylic oxidation sites excluding steroid dienone is 2. The third-order valence-electron chi connectivity index (χ3n) is 5.94. The fourth-order valence-electron chi connectivity index (χ4n) is 4.19. The Labute approximate surface area is 194 Å². The number of fused-ring (bicyclic) bond motifs is 1. The second-order valence-corrected chi connectivity index (χ2v) is 9.27. The molecule has 1 fully saturated rings. The smallest absolute Gasteiger partial charge is 0.404 e. The maximum absolute atomic E-state index is 13.2. The number of nitrogens with two attached hydrogens (primary N) is 1. The molecule has 33 heavy (non-hydrogen) atoms. The first kappa shape index (κ1) is 23.3. The van der Waals surface area contributed by atoms with Crippen molar-refractivity contribution in [2.45, 2.75) is 23.9 Å². The van der Waals surface area contributed by atoms with Crippen molar-refractivity contribution in [1.29, 1.82) is 0 Å². The molecule has 1 unspecified atom stereocenters. The normalized spacial score (nSPS) is 23.9. The molecule has 1 aliphatic carbocycles. The molecule has 4 rings (SSSR count). The predicted octanol–water partition coefficient (Wildman–Crippen LogP) is 6.68. The van der Waals surface area contributed by atoms with Gasteiger partial charge in [-0.2, -0.15) is 13.2 Å². The summed E-state index contributed by atoms with van der Waals surface area (Å²) >= 11 is 1.32. The van der Waals surface area contributed by atoms with Crippen LogP contribution in [0, 0.1) is 11.2 Å². The molecule has 1 aliphatic heterocycles. The van der Waals surface area contributed by atoms with Crippen LogP contribution >= 0.6 is 11.9 Å². The van der Waals surface area contributed by atoms with Gasteiger partial charge in [0.15, 0.2) is 0 Å². The van der Waals surface area contributed by atoms with Crippen LogP contribution in [0.2, 0.25) is 0 Å². The van der Waals surface area contributed by atoms with Crippen LogP contribution in [0.5, 0.6) is 0 Å². The quantitative estimate of drug-likeness (QED) is 0.306. The summed E-state index contributed by atoms with van der Waals surface area (Å²) < 4.78 is 54.6. The van der Waals surface area contributed by atoms with E-state index in [4.69, 9.17) is 5.73 Å². The summed E-state index contributed by atoms with van der Waals surface area (Å²) in [5, 5.41) is 0. The molecule has 0 radical (unpaired) electrons. The van der Waals surface area contributed by atoms with E-state index in [-0.39, 0.29) is 11.2 Å². The molecule has 2 N–H and O–H groups in total. The Morgan fingerprint density at radius 2 is 1.91 bits per heavy atom. The molecule has 1 heterocycles. The van der Waals surface area contributed by atoms with E-state index in [1.54, 1.807) is 18.2 Å². The van der Waals surface area contributed by atoms with Gasteiger partial charge in [-0.05, 0) is 85.1 Å². The molecule has 8 heteroatoms. The molecule has 0 bridgehead atoms. The number of rotatable bonds is 4. The van der Waals surface area contributed by atoms with Crippen LogP contribution in [0.1, 0.15) is 18.4 Å². The second-order valence-electron chi connectivity index (χ2n) is 8.10. The minimum Gasteiger partial charge on any atom is -0.404 e. The monoisotopic (exact) mass is 473 g/mol. The van der Waals surface area contributed by atoms with E-state index in [0.717, 1.165) is 29.3 Å². The maximum Gasteiger partial charge on any atom is 0.416 e. The molecule has 3 nitrogen and oxygen atoms in total. The highest BCUT2D eigenvalue weighted by Gasteiger charge is 2.41. The maximum atomic E-state index is 13.2. The molecule has 0 amide bonds. The second kappa shape index (κ2) is 9.19. The number of piperidine rings is 1. The van der Waals surface area contributed by atoms with Crippen LogP contribution in [-0.2, 0) is 6.18 Å². The predicted molar refractivity (Wildman–Crippen MR) is 125 cm³/mol. The Morgan fingerprint density at radius 3 is 2.58 bits per heavy atom. The first-order valence-electron chi connectivity index (χ1n) is 10.4. The van der Waals surface area contributed by atoms with Crippen molar-refractivity contribution in [3.8, 4) is 0 Å². The molecular weight excluding hydrogens is 450 g/mol. The Kier molecular flexibility index (Phi) is 6.50. The van der Waals surface area contributed by atoms with Gasteiger partial charge in [-0.25, -0.2) is 13.7 Å². The van der Waals surface area contributed by atoms with E-state index < -0.39 is 11.7 Å². The van der Waals surface area contributed by atoms with Crippen LogP contribution in [0.25, 0.3) is 0 Å². The number of alkyl halides is 3. The van der Waals surface area contributed by atoms with Crippen LogP contribution in [0.4, 0.5) is 23.2 Å². The van der Waals surface area contributed by atoms with Gasteiger partial charge in [-0.1, -0.05) is 17.7 Å². The van der Waals surface area contributed by atoms with E-state index in [2.05, 4.69) is 15.9 Å². The minimum atomic E-state index is -4.37. The van der Waals surface area contributed by atoms with E-state index >= 15 is 0 Å².